The Balaban J connectivity index is 2.47. The highest BCUT2D eigenvalue weighted by Crippen LogP contribution is 2.17. The van der Waals surface area contributed by atoms with E-state index in [2.05, 4.69) is 22.1 Å². The van der Waals surface area contributed by atoms with Crippen molar-refractivity contribution < 1.29 is 9.53 Å². The van der Waals surface area contributed by atoms with Crippen LogP contribution in [0.1, 0.15) is 25.6 Å². The van der Waals surface area contributed by atoms with Crippen molar-refractivity contribution in [2.24, 2.45) is 5.73 Å². The number of aromatic nitrogens is 1. The third kappa shape index (κ3) is 5.77. The van der Waals surface area contributed by atoms with E-state index in [9.17, 15) is 4.79 Å². The molecule has 0 aliphatic carbocycles. The molecule has 0 saturated carbocycles. The lowest BCUT2D eigenvalue weighted by atomic mass is 10.2. The second kappa shape index (κ2) is 6.50. The number of carbonyl (C=O) groups is 1. The minimum atomic E-state index is -0.335. The number of hydrogen-bond acceptors (Lipinski definition) is 5. The van der Waals surface area contributed by atoms with Crippen LogP contribution in [0, 0.1) is 11.8 Å². The van der Waals surface area contributed by atoms with Crippen LogP contribution >= 0.6 is 11.3 Å². The zero-order valence-corrected chi connectivity index (χ0v) is 11.6. The molecule has 0 radical (unpaired) electrons. The SMILES string of the molecule is CC(C)(C)OCC(=O)Nc1ncc(C#CCN)s1. The summed E-state index contributed by atoms with van der Waals surface area (Å²) < 4.78 is 5.36. The van der Waals surface area contributed by atoms with E-state index in [1.807, 2.05) is 20.8 Å². The van der Waals surface area contributed by atoms with E-state index in [0.717, 1.165) is 4.88 Å². The fraction of sp³-hybridized carbons (Fsp3) is 0.500. The highest BCUT2D eigenvalue weighted by atomic mass is 32.1. The predicted octanol–water partition coefficient (Wildman–Crippen LogP) is 1.21. The highest BCUT2D eigenvalue weighted by Gasteiger charge is 2.13. The summed E-state index contributed by atoms with van der Waals surface area (Å²) in [6.07, 6.45) is 1.60. The van der Waals surface area contributed by atoms with Crippen molar-refractivity contribution in [1.82, 2.24) is 4.98 Å². The molecule has 1 aromatic heterocycles. The normalized spacial score (nSPS) is 10.7. The lowest BCUT2D eigenvalue weighted by molar-refractivity contribution is -0.125. The van der Waals surface area contributed by atoms with E-state index >= 15 is 0 Å². The van der Waals surface area contributed by atoms with E-state index in [1.54, 1.807) is 6.20 Å². The summed E-state index contributed by atoms with van der Waals surface area (Å²) in [5.74, 6) is 5.36. The van der Waals surface area contributed by atoms with Gasteiger partial charge in [0.1, 0.15) is 6.61 Å². The highest BCUT2D eigenvalue weighted by molar-refractivity contribution is 7.16. The van der Waals surface area contributed by atoms with Crippen LogP contribution in [0.25, 0.3) is 0 Å². The largest absolute Gasteiger partial charge is 0.366 e. The van der Waals surface area contributed by atoms with Gasteiger partial charge < -0.3 is 10.5 Å². The Kier molecular flexibility index (Phi) is 5.28. The summed E-state index contributed by atoms with van der Waals surface area (Å²) >= 11 is 1.31. The van der Waals surface area contributed by atoms with Crippen LogP contribution in [-0.4, -0.2) is 29.6 Å². The van der Waals surface area contributed by atoms with Gasteiger partial charge in [-0.05, 0) is 20.8 Å². The Labute approximate surface area is 111 Å². The zero-order chi connectivity index (χ0) is 13.6. The molecule has 0 aliphatic heterocycles. The summed E-state index contributed by atoms with van der Waals surface area (Å²) in [6.45, 7) is 5.99. The molecule has 1 rings (SSSR count). The minimum absolute atomic E-state index is 0.00684. The molecule has 1 amide bonds. The third-order valence-electron chi connectivity index (χ3n) is 1.70. The fourth-order valence-electron chi connectivity index (χ4n) is 0.965. The molecule has 1 aromatic rings. The van der Waals surface area contributed by atoms with Crippen LogP contribution in [0.3, 0.4) is 0 Å². The molecular formula is C12H17N3O2S. The molecule has 0 unspecified atom stereocenters. The van der Waals surface area contributed by atoms with Gasteiger partial charge in [-0.2, -0.15) is 0 Å². The first-order chi connectivity index (χ1) is 8.40. The summed E-state index contributed by atoms with van der Waals surface area (Å²) in [5, 5.41) is 3.17. The van der Waals surface area contributed by atoms with Crippen molar-refractivity contribution in [2.75, 3.05) is 18.5 Å². The Morgan fingerprint density at radius 1 is 1.61 bits per heavy atom. The third-order valence-corrected chi connectivity index (χ3v) is 2.53. The summed E-state index contributed by atoms with van der Waals surface area (Å²) in [7, 11) is 0. The Bertz CT molecular complexity index is 466. The summed E-state index contributed by atoms with van der Waals surface area (Å²) in [5.41, 5.74) is 4.93. The van der Waals surface area contributed by atoms with E-state index in [1.165, 1.54) is 11.3 Å². The molecular weight excluding hydrogens is 250 g/mol. The fourth-order valence-corrected chi connectivity index (χ4v) is 1.67. The number of carbonyl (C=O) groups excluding carboxylic acids is 1. The molecule has 3 N–H and O–H groups in total. The van der Waals surface area contributed by atoms with Crippen LogP contribution in [0.4, 0.5) is 5.13 Å². The zero-order valence-electron chi connectivity index (χ0n) is 10.7. The monoisotopic (exact) mass is 267 g/mol. The molecule has 0 aromatic carbocycles. The van der Waals surface area contributed by atoms with Gasteiger partial charge in [0.05, 0.1) is 23.2 Å². The maximum absolute atomic E-state index is 11.6. The number of nitrogens with two attached hydrogens (primary N) is 1. The number of hydrogen-bond donors (Lipinski definition) is 2. The van der Waals surface area contributed by atoms with Crippen LogP contribution < -0.4 is 11.1 Å². The van der Waals surface area contributed by atoms with Crippen LogP contribution in [0.2, 0.25) is 0 Å². The number of thiazole rings is 1. The van der Waals surface area contributed by atoms with Crippen molar-refractivity contribution in [2.45, 2.75) is 26.4 Å². The van der Waals surface area contributed by atoms with Crippen molar-refractivity contribution in [3.05, 3.63) is 11.1 Å². The second-order valence-corrected chi connectivity index (χ2v) is 5.52. The van der Waals surface area contributed by atoms with Crippen molar-refractivity contribution >= 4 is 22.4 Å². The number of anilines is 1. The van der Waals surface area contributed by atoms with Crippen LogP contribution in [0.15, 0.2) is 6.20 Å². The molecule has 0 saturated heterocycles. The first-order valence-corrected chi connectivity index (χ1v) is 6.31. The average molecular weight is 267 g/mol. The van der Waals surface area contributed by atoms with Gasteiger partial charge in [0.15, 0.2) is 5.13 Å². The first kappa shape index (κ1) is 14.6. The lowest BCUT2D eigenvalue weighted by Gasteiger charge is -2.18. The number of ether oxygens (including phenoxy) is 1. The standard InChI is InChI=1S/C12H17N3O2S/c1-12(2,3)17-8-10(16)15-11-14-7-9(18-11)5-4-6-13/h7H,6,8,13H2,1-3H3,(H,14,15,16). The van der Waals surface area contributed by atoms with Gasteiger partial charge in [-0.25, -0.2) is 4.98 Å². The van der Waals surface area contributed by atoms with Crippen LogP contribution in [0.5, 0.6) is 0 Å². The van der Waals surface area contributed by atoms with Crippen molar-refractivity contribution in [3.63, 3.8) is 0 Å². The first-order valence-electron chi connectivity index (χ1n) is 5.49. The summed E-state index contributed by atoms with van der Waals surface area (Å²) in [4.78, 5) is 16.4. The molecule has 18 heavy (non-hydrogen) atoms. The lowest BCUT2D eigenvalue weighted by Crippen LogP contribution is -2.27. The Morgan fingerprint density at radius 3 is 2.94 bits per heavy atom. The molecule has 1 heterocycles. The Hall–Kier alpha value is -1.42. The smallest absolute Gasteiger partial charge is 0.252 e. The summed E-state index contributed by atoms with van der Waals surface area (Å²) in [6, 6.07) is 0. The molecule has 5 nitrogen and oxygen atoms in total. The molecule has 0 fully saturated rings. The van der Waals surface area contributed by atoms with E-state index in [-0.39, 0.29) is 18.1 Å². The maximum Gasteiger partial charge on any atom is 0.252 e. The number of rotatable bonds is 3. The van der Waals surface area contributed by atoms with Gasteiger partial charge in [0, 0.05) is 0 Å². The van der Waals surface area contributed by atoms with E-state index in [4.69, 9.17) is 10.5 Å². The van der Waals surface area contributed by atoms with Gasteiger partial charge in [-0.1, -0.05) is 23.2 Å². The van der Waals surface area contributed by atoms with Crippen molar-refractivity contribution in [3.8, 4) is 11.8 Å². The molecule has 0 bridgehead atoms. The maximum atomic E-state index is 11.6. The topological polar surface area (TPSA) is 77.2 Å². The number of amides is 1. The van der Waals surface area contributed by atoms with Crippen molar-refractivity contribution in [1.29, 1.82) is 0 Å². The molecule has 0 aliphatic rings. The average Bonchev–Trinajstić information content (AvgIpc) is 2.70. The second-order valence-electron chi connectivity index (χ2n) is 4.48. The van der Waals surface area contributed by atoms with Gasteiger partial charge >= 0.3 is 0 Å². The van der Waals surface area contributed by atoms with E-state index in [0.29, 0.717) is 11.7 Å². The Morgan fingerprint density at radius 2 is 2.33 bits per heavy atom. The van der Waals surface area contributed by atoms with Gasteiger partial charge in [0.2, 0.25) is 0 Å². The van der Waals surface area contributed by atoms with E-state index < -0.39 is 0 Å². The molecule has 0 atom stereocenters. The quantitative estimate of drug-likeness (QED) is 0.807. The molecule has 0 spiro atoms. The number of nitrogens with one attached hydrogen (secondary N) is 1. The van der Waals surface area contributed by atoms with Gasteiger partial charge in [0.25, 0.3) is 5.91 Å². The van der Waals surface area contributed by atoms with Gasteiger partial charge in [-0.15, -0.1) is 0 Å². The number of nitrogens with zero attached hydrogens (tertiary/aromatic N) is 1. The van der Waals surface area contributed by atoms with Crippen LogP contribution in [-0.2, 0) is 9.53 Å². The van der Waals surface area contributed by atoms with Gasteiger partial charge in [-0.3, -0.25) is 10.1 Å². The minimum Gasteiger partial charge on any atom is -0.366 e. The predicted molar refractivity (Wildman–Crippen MR) is 72.4 cm³/mol. The molecule has 6 heteroatoms. The molecule has 98 valence electrons.